The molecule has 0 unspecified atom stereocenters. The van der Waals surface area contributed by atoms with Crippen LogP contribution in [0.3, 0.4) is 0 Å². The number of methoxy groups -OCH3 is 1. The van der Waals surface area contributed by atoms with Crippen LogP contribution in [0.1, 0.15) is 42.0 Å². The molecule has 1 N–H and O–H groups in total. The van der Waals surface area contributed by atoms with Gasteiger partial charge in [0.05, 0.1) is 17.7 Å². The molecule has 0 heterocycles. The zero-order valence-electron chi connectivity index (χ0n) is 27.3. The van der Waals surface area contributed by atoms with E-state index < -0.39 is 28.5 Å². The van der Waals surface area contributed by atoms with Gasteiger partial charge in [0.15, 0.2) is 0 Å². The first-order valence-corrected chi connectivity index (χ1v) is 17.9. The summed E-state index contributed by atoms with van der Waals surface area (Å²) >= 11 is 3.47. The lowest BCUT2D eigenvalue weighted by molar-refractivity contribution is -0.140. The highest BCUT2D eigenvalue weighted by atomic mass is 79.9. The molecule has 4 rings (SSSR count). The van der Waals surface area contributed by atoms with Crippen molar-refractivity contribution in [1.29, 1.82) is 0 Å². The zero-order valence-corrected chi connectivity index (χ0v) is 29.7. The molecular formula is C37H42BrN3O5S. The maximum atomic E-state index is 14.7. The Bertz CT molecular complexity index is 1750. The van der Waals surface area contributed by atoms with Gasteiger partial charge in [-0.15, -0.1) is 0 Å². The molecule has 0 saturated heterocycles. The van der Waals surface area contributed by atoms with E-state index in [1.54, 1.807) is 24.3 Å². The van der Waals surface area contributed by atoms with Crippen LogP contribution in [0.2, 0.25) is 0 Å². The molecule has 4 aromatic rings. The Morgan fingerprint density at radius 3 is 2.17 bits per heavy atom. The SMILES string of the molecule is CCCCNC(=O)[C@H](Cc1ccccc1)N(Cc1ccc(Br)cc1)C(=O)CN(c1cc(C)ccc1OC)S(=O)(=O)c1ccc(C)cc1. The number of sulfonamides is 1. The van der Waals surface area contributed by atoms with E-state index in [9.17, 15) is 18.0 Å². The standard InChI is InChI=1S/C37H42BrN3O5S/c1-5-6-22-39-37(43)34(24-29-10-8-7-9-11-29)40(25-30-15-17-31(38)18-16-30)36(42)26-41(33-23-28(3)14-21-35(33)46-4)47(44,45)32-19-12-27(2)13-20-32/h7-21,23,34H,5-6,22,24-26H2,1-4H3,(H,39,43)/t34-/m0/s1. The maximum Gasteiger partial charge on any atom is 0.264 e. The second kappa shape index (κ2) is 16.6. The number of amides is 2. The van der Waals surface area contributed by atoms with Gasteiger partial charge in [0.1, 0.15) is 18.3 Å². The lowest BCUT2D eigenvalue weighted by Gasteiger charge is -2.34. The molecule has 0 aliphatic rings. The molecule has 8 nitrogen and oxygen atoms in total. The monoisotopic (exact) mass is 719 g/mol. The molecule has 0 bridgehead atoms. The third-order valence-electron chi connectivity index (χ3n) is 7.86. The van der Waals surface area contributed by atoms with Crippen molar-refractivity contribution < 1.29 is 22.7 Å². The minimum absolute atomic E-state index is 0.0389. The summed E-state index contributed by atoms with van der Waals surface area (Å²) in [5.41, 5.74) is 3.60. The number of halogens is 1. The van der Waals surface area contributed by atoms with Crippen LogP contribution in [0, 0.1) is 13.8 Å². The fraction of sp³-hybridized carbons (Fsp3) is 0.297. The number of benzene rings is 4. The molecule has 0 radical (unpaired) electrons. The van der Waals surface area contributed by atoms with Gasteiger partial charge >= 0.3 is 0 Å². The number of carbonyl (C=O) groups excluding carboxylic acids is 2. The molecule has 10 heteroatoms. The Labute approximate surface area is 286 Å². The van der Waals surface area contributed by atoms with Crippen molar-refractivity contribution in [3.63, 3.8) is 0 Å². The van der Waals surface area contributed by atoms with Gasteiger partial charge in [-0.1, -0.05) is 95.5 Å². The molecule has 0 fully saturated rings. The molecule has 2 amide bonds. The lowest BCUT2D eigenvalue weighted by atomic mass is 10.0. The van der Waals surface area contributed by atoms with Crippen molar-refractivity contribution in [3.8, 4) is 5.75 Å². The molecule has 248 valence electrons. The smallest absolute Gasteiger partial charge is 0.264 e. The van der Waals surface area contributed by atoms with Gasteiger partial charge < -0.3 is 15.0 Å². The summed E-state index contributed by atoms with van der Waals surface area (Å²) in [5, 5.41) is 3.01. The average Bonchev–Trinajstić information content (AvgIpc) is 3.06. The number of nitrogens with zero attached hydrogens (tertiary/aromatic N) is 2. The number of rotatable bonds is 15. The zero-order chi connectivity index (χ0) is 34.0. The van der Waals surface area contributed by atoms with Crippen LogP contribution in [0.15, 0.2) is 106 Å². The topological polar surface area (TPSA) is 96.0 Å². The molecule has 1 atom stereocenters. The third-order valence-corrected chi connectivity index (χ3v) is 10.2. The van der Waals surface area contributed by atoms with Crippen LogP contribution in [0.5, 0.6) is 5.75 Å². The van der Waals surface area contributed by atoms with Crippen molar-refractivity contribution in [3.05, 3.63) is 124 Å². The largest absolute Gasteiger partial charge is 0.495 e. The molecule has 0 spiro atoms. The highest BCUT2D eigenvalue weighted by molar-refractivity contribution is 9.10. The Kier molecular flexibility index (Phi) is 12.6. The summed E-state index contributed by atoms with van der Waals surface area (Å²) in [6.45, 7) is 5.76. The highest BCUT2D eigenvalue weighted by Gasteiger charge is 2.35. The number of hydrogen-bond donors (Lipinski definition) is 1. The van der Waals surface area contributed by atoms with Crippen molar-refractivity contribution in [2.75, 3.05) is 24.5 Å². The summed E-state index contributed by atoms with van der Waals surface area (Å²) in [6.07, 6.45) is 1.94. The number of hydrogen-bond acceptors (Lipinski definition) is 5. The number of unbranched alkanes of at least 4 members (excludes halogenated alkanes) is 1. The van der Waals surface area contributed by atoms with E-state index in [2.05, 4.69) is 21.2 Å². The fourth-order valence-corrected chi connectivity index (χ4v) is 6.87. The minimum atomic E-state index is -4.25. The van der Waals surface area contributed by atoms with Crippen molar-refractivity contribution >= 4 is 43.5 Å². The highest BCUT2D eigenvalue weighted by Crippen LogP contribution is 2.34. The normalized spacial score (nSPS) is 11.9. The van der Waals surface area contributed by atoms with Gasteiger partial charge in [-0.3, -0.25) is 13.9 Å². The van der Waals surface area contributed by atoms with Crippen molar-refractivity contribution in [2.45, 2.75) is 57.5 Å². The van der Waals surface area contributed by atoms with Crippen LogP contribution in [-0.4, -0.2) is 51.4 Å². The van der Waals surface area contributed by atoms with E-state index in [-0.39, 0.29) is 29.5 Å². The first kappa shape index (κ1) is 35.7. The summed E-state index contributed by atoms with van der Waals surface area (Å²) in [5.74, 6) is -0.524. The number of ether oxygens (including phenoxy) is 1. The van der Waals surface area contributed by atoms with E-state index in [1.807, 2.05) is 81.4 Å². The lowest BCUT2D eigenvalue weighted by Crippen LogP contribution is -2.53. The Hall–Kier alpha value is -4.15. The summed E-state index contributed by atoms with van der Waals surface area (Å²) in [7, 11) is -2.79. The van der Waals surface area contributed by atoms with E-state index >= 15 is 0 Å². The summed E-state index contributed by atoms with van der Waals surface area (Å²) in [6, 6.07) is 27.8. The van der Waals surface area contributed by atoms with Crippen LogP contribution in [-0.2, 0) is 32.6 Å². The first-order chi connectivity index (χ1) is 22.5. The van der Waals surface area contributed by atoms with Crippen LogP contribution < -0.4 is 14.4 Å². The molecule has 4 aromatic carbocycles. The van der Waals surface area contributed by atoms with E-state index in [0.29, 0.717) is 12.3 Å². The van der Waals surface area contributed by atoms with Gasteiger partial charge in [0, 0.05) is 24.0 Å². The number of anilines is 1. The number of aryl methyl sites for hydroxylation is 2. The van der Waals surface area contributed by atoms with E-state index in [4.69, 9.17) is 4.74 Å². The third kappa shape index (κ3) is 9.45. The van der Waals surface area contributed by atoms with Gasteiger partial charge in [-0.25, -0.2) is 8.42 Å². The van der Waals surface area contributed by atoms with Crippen LogP contribution in [0.4, 0.5) is 5.69 Å². The molecule has 0 aliphatic carbocycles. The number of nitrogens with one attached hydrogen (secondary N) is 1. The van der Waals surface area contributed by atoms with E-state index in [1.165, 1.54) is 24.1 Å². The van der Waals surface area contributed by atoms with Crippen molar-refractivity contribution in [1.82, 2.24) is 10.2 Å². The molecule has 0 aliphatic heterocycles. The van der Waals surface area contributed by atoms with E-state index in [0.717, 1.165) is 43.9 Å². The Morgan fingerprint density at radius 1 is 0.872 bits per heavy atom. The van der Waals surface area contributed by atoms with Crippen molar-refractivity contribution in [2.24, 2.45) is 0 Å². The predicted octanol–water partition coefficient (Wildman–Crippen LogP) is 6.83. The van der Waals surface area contributed by atoms with Crippen LogP contribution >= 0.6 is 15.9 Å². The molecule has 0 saturated carbocycles. The molecular weight excluding hydrogens is 678 g/mol. The predicted molar refractivity (Wildman–Crippen MR) is 190 cm³/mol. The quantitative estimate of drug-likeness (QED) is 0.136. The second-order valence-corrected chi connectivity index (χ2v) is 14.3. The second-order valence-electron chi connectivity index (χ2n) is 11.5. The minimum Gasteiger partial charge on any atom is -0.495 e. The molecule has 0 aromatic heterocycles. The molecule has 47 heavy (non-hydrogen) atoms. The Morgan fingerprint density at radius 2 is 1.53 bits per heavy atom. The van der Waals surface area contributed by atoms with Gasteiger partial charge in [0.2, 0.25) is 11.8 Å². The average molecular weight is 721 g/mol. The van der Waals surface area contributed by atoms with Gasteiger partial charge in [0.25, 0.3) is 10.0 Å². The van der Waals surface area contributed by atoms with Crippen LogP contribution in [0.25, 0.3) is 0 Å². The maximum absolute atomic E-state index is 14.7. The Balaban J connectivity index is 1.83. The first-order valence-electron chi connectivity index (χ1n) is 15.6. The fourth-order valence-electron chi connectivity index (χ4n) is 5.19. The summed E-state index contributed by atoms with van der Waals surface area (Å²) < 4.78 is 36.3. The summed E-state index contributed by atoms with van der Waals surface area (Å²) in [4.78, 5) is 30.1. The van der Waals surface area contributed by atoms with Gasteiger partial charge in [-0.2, -0.15) is 0 Å². The van der Waals surface area contributed by atoms with Gasteiger partial charge in [-0.05, 0) is 73.4 Å². The number of carbonyl (C=O) groups is 2.